The van der Waals surface area contributed by atoms with Gasteiger partial charge in [0.15, 0.2) is 0 Å². The summed E-state index contributed by atoms with van der Waals surface area (Å²) < 4.78 is 23.2. The maximum Gasteiger partial charge on any atom is 0.268 e. The molecule has 0 aliphatic heterocycles. The molecule has 0 saturated heterocycles. The molecule has 2 N–H and O–H groups in total. The molecular weight excluding hydrogens is 756 g/mol. The lowest BCUT2D eigenvalue weighted by Crippen LogP contribution is -2.45. The number of amides is 1. The molecule has 0 fully saturated rings. The summed E-state index contributed by atoms with van der Waals surface area (Å²) in [5, 5.41) is 13.8. The Bertz CT molecular complexity index is 1230. The molecule has 0 saturated carbocycles. The number of quaternary nitrogens is 1. The van der Waals surface area contributed by atoms with Gasteiger partial charge in [0.1, 0.15) is 13.2 Å². The molecule has 1 amide bonds. The number of allylic oxidation sites excluding steroid dienone is 13. The number of carbonyl (C=O) groups is 1. The first-order valence-electron chi connectivity index (χ1n) is 23.4. The second kappa shape index (κ2) is 41.1. The van der Waals surface area contributed by atoms with E-state index < -0.39 is 26.6 Å². The van der Waals surface area contributed by atoms with Crippen molar-refractivity contribution in [3.05, 3.63) is 85.1 Å². The van der Waals surface area contributed by atoms with Gasteiger partial charge in [-0.3, -0.25) is 9.36 Å². The van der Waals surface area contributed by atoms with E-state index in [1.807, 2.05) is 27.2 Å². The van der Waals surface area contributed by atoms with Gasteiger partial charge in [0, 0.05) is 6.42 Å². The number of phosphoric ester groups is 1. The quantitative estimate of drug-likeness (QED) is 0.0275. The van der Waals surface area contributed by atoms with Crippen LogP contribution in [0.1, 0.15) is 174 Å². The molecular formula is C50H89N2O6P. The Labute approximate surface area is 363 Å². The lowest BCUT2D eigenvalue weighted by atomic mass is 10.1. The number of carbonyl (C=O) groups excluding carboxylic acids is 1. The number of hydrogen-bond acceptors (Lipinski definition) is 6. The highest BCUT2D eigenvalue weighted by Crippen LogP contribution is 2.38. The summed E-state index contributed by atoms with van der Waals surface area (Å²) in [6, 6.07) is -0.913. The molecule has 0 spiro atoms. The van der Waals surface area contributed by atoms with Crippen molar-refractivity contribution in [1.82, 2.24) is 5.32 Å². The van der Waals surface area contributed by atoms with Crippen LogP contribution in [0.3, 0.4) is 0 Å². The molecule has 9 heteroatoms. The molecule has 0 heterocycles. The van der Waals surface area contributed by atoms with E-state index >= 15 is 0 Å². The lowest BCUT2D eigenvalue weighted by Gasteiger charge is -2.29. The van der Waals surface area contributed by atoms with E-state index in [1.165, 1.54) is 70.6 Å². The molecule has 0 aromatic rings. The first-order chi connectivity index (χ1) is 28.5. The van der Waals surface area contributed by atoms with E-state index in [0.29, 0.717) is 17.4 Å². The second-order valence-electron chi connectivity index (χ2n) is 16.7. The van der Waals surface area contributed by atoms with Crippen LogP contribution in [-0.2, 0) is 18.4 Å². The number of phosphoric acid groups is 1. The Kier molecular flexibility index (Phi) is 39.4. The Morgan fingerprint density at radius 1 is 0.610 bits per heavy atom. The van der Waals surface area contributed by atoms with Crippen molar-refractivity contribution in [1.29, 1.82) is 0 Å². The van der Waals surface area contributed by atoms with Crippen molar-refractivity contribution in [2.45, 2.75) is 187 Å². The number of rotatable bonds is 41. The minimum absolute atomic E-state index is 0.0133. The van der Waals surface area contributed by atoms with Crippen molar-refractivity contribution in [3.8, 4) is 0 Å². The molecule has 59 heavy (non-hydrogen) atoms. The average Bonchev–Trinajstić information content (AvgIpc) is 3.19. The first-order valence-corrected chi connectivity index (χ1v) is 24.9. The predicted octanol–water partition coefficient (Wildman–Crippen LogP) is 12.7. The molecule has 0 rings (SSSR count). The zero-order valence-electron chi connectivity index (χ0n) is 38.4. The average molecular weight is 845 g/mol. The molecule has 340 valence electrons. The van der Waals surface area contributed by atoms with Crippen molar-refractivity contribution in [2.75, 3.05) is 40.9 Å². The van der Waals surface area contributed by atoms with Gasteiger partial charge in [0.05, 0.1) is 39.9 Å². The van der Waals surface area contributed by atoms with Gasteiger partial charge in [-0.15, -0.1) is 0 Å². The third-order valence-corrected chi connectivity index (χ3v) is 10.8. The summed E-state index contributed by atoms with van der Waals surface area (Å²) in [5.41, 5.74) is 0. The minimum atomic E-state index is -4.60. The molecule has 0 bridgehead atoms. The predicted molar refractivity (Wildman–Crippen MR) is 251 cm³/mol. The third kappa shape index (κ3) is 43.6. The molecule has 0 aromatic carbocycles. The van der Waals surface area contributed by atoms with Crippen LogP contribution in [0, 0.1) is 0 Å². The zero-order valence-corrected chi connectivity index (χ0v) is 39.3. The van der Waals surface area contributed by atoms with Crippen LogP contribution >= 0.6 is 7.82 Å². The fourth-order valence-electron chi connectivity index (χ4n) is 6.13. The summed E-state index contributed by atoms with van der Waals surface area (Å²) in [6.45, 7) is 4.47. The molecule has 3 unspecified atom stereocenters. The number of likely N-dealkylation sites (N-methyl/N-ethyl adjacent to an activating group) is 1. The van der Waals surface area contributed by atoms with Crippen LogP contribution in [0.2, 0.25) is 0 Å². The minimum Gasteiger partial charge on any atom is -0.756 e. The Morgan fingerprint density at radius 3 is 1.58 bits per heavy atom. The number of nitrogens with zero attached hydrogens (tertiary/aromatic N) is 1. The summed E-state index contributed by atoms with van der Waals surface area (Å²) >= 11 is 0. The summed E-state index contributed by atoms with van der Waals surface area (Å²) in [4.78, 5) is 25.3. The van der Waals surface area contributed by atoms with Crippen molar-refractivity contribution in [2.24, 2.45) is 0 Å². The first kappa shape index (κ1) is 56.7. The van der Waals surface area contributed by atoms with E-state index in [9.17, 15) is 19.4 Å². The fourth-order valence-corrected chi connectivity index (χ4v) is 6.86. The monoisotopic (exact) mass is 845 g/mol. The normalized spacial score (nSPS) is 15.0. The standard InChI is InChI=1S/C50H89N2O6P/c1-6-8-10-12-14-16-18-20-22-23-24-25-26-27-28-29-30-32-34-36-38-40-42-44-50(54)51-48(47-58-59(55,56)57-46-45-52(3,4)5)49(53)43-41-39-37-35-33-31-21-19-17-15-13-11-9-7-2/h8,10,14,16,20,22,24-25,27-28,33,35,41,43,48-49,53H,6-7,9,11-13,15,17-19,21,23,26,29-32,34,36-40,42,44-47H2,1-5H3,(H-,51,54,55,56)/b10-8-,16-14-,22-20-,25-24-,28-27-,35-33+,43-41+. The zero-order chi connectivity index (χ0) is 43.6. The summed E-state index contributed by atoms with van der Waals surface area (Å²) in [7, 11) is 1.22. The van der Waals surface area contributed by atoms with Gasteiger partial charge < -0.3 is 28.8 Å². The van der Waals surface area contributed by atoms with E-state index in [4.69, 9.17) is 9.05 Å². The van der Waals surface area contributed by atoms with Crippen LogP contribution in [0.15, 0.2) is 85.1 Å². The molecule has 0 radical (unpaired) electrons. The maximum absolute atomic E-state index is 12.9. The van der Waals surface area contributed by atoms with Crippen LogP contribution in [-0.4, -0.2) is 68.5 Å². The van der Waals surface area contributed by atoms with Crippen molar-refractivity contribution < 1.29 is 32.9 Å². The smallest absolute Gasteiger partial charge is 0.268 e. The van der Waals surface area contributed by atoms with Crippen LogP contribution in [0.25, 0.3) is 0 Å². The molecule has 0 aliphatic carbocycles. The van der Waals surface area contributed by atoms with Gasteiger partial charge in [-0.05, 0) is 77.0 Å². The van der Waals surface area contributed by atoms with Gasteiger partial charge in [0.2, 0.25) is 5.91 Å². The van der Waals surface area contributed by atoms with Gasteiger partial charge in [-0.1, -0.05) is 176 Å². The Balaban J connectivity index is 4.42. The largest absolute Gasteiger partial charge is 0.756 e. The highest BCUT2D eigenvalue weighted by molar-refractivity contribution is 7.45. The van der Waals surface area contributed by atoms with E-state index in [2.05, 4.69) is 92.1 Å². The molecule has 8 nitrogen and oxygen atoms in total. The third-order valence-electron chi connectivity index (χ3n) is 9.84. The van der Waals surface area contributed by atoms with E-state index in [1.54, 1.807) is 6.08 Å². The maximum atomic E-state index is 12.9. The highest BCUT2D eigenvalue weighted by Gasteiger charge is 2.23. The lowest BCUT2D eigenvalue weighted by molar-refractivity contribution is -0.870. The highest BCUT2D eigenvalue weighted by atomic mass is 31.2. The SMILES string of the molecule is CC/C=C\C/C=C\C/C=C\C/C=C\C/C=C\CCCCCCCCCC(=O)NC(COP(=O)([O-])OCC[N+](C)(C)C)C(O)/C=C/CC/C=C/CCCCCCCCCC. The molecule has 0 aromatic heterocycles. The number of nitrogens with one attached hydrogen (secondary N) is 1. The Hall–Kier alpha value is -2.32. The topological polar surface area (TPSA) is 108 Å². The van der Waals surface area contributed by atoms with Gasteiger partial charge in [0.25, 0.3) is 7.82 Å². The second-order valence-corrected chi connectivity index (χ2v) is 18.1. The van der Waals surface area contributed by atoms with Crippen molar-refractivity contribution >= 4 is 13.7 Å². The summed E-state index contributed by atoms with van der Waals surface area (Å²) in [5.74, 6) is -0.223. The van der Waals surface area contributed by atoms with Crippen LogP contribution in [0.5, 0.6) is 0 Å². The van der Waals surface area contributed by atoms with Gasteiger partial charge in [-0.25, -0.2) is 0 Å². The number of aliphatic hydroxyl groups excluding tert-OH is 1. The van der Waals surface area contributed by atoms with Gasteiger partial charge in [-0.2, -0.15) is 0 Å². The van der Waals surface area contributed by atoms with Crippen LogP contribution in [0.4, 0.5) is 0 Å². The number of hydrogen-bond donors (Lipinski definition) is 2. The molecule has 0 aliphatic rings. The fraction of sp³-hybridized carbons (Fsp3) is 0.700. The Morgan fingerprint density at radius 2 is 1.05 bits per heavy atom. The number of unbranched alkanes of at least 4 members (excludes halogenated alkanes) is 16. The van der Waals surface area contributed by atoms with Crippen LogP contribution < -0.4 is 10.2 Å². The summed E-state index contributed by atoms with van der Waals surface area (Å²) in [6.07, 6.45) is 56.3. The molecule has 3 atom stereocenters. The number of aliphatic hydroxyl groups is 1. The van der Waals surface area contributed by atoms with E-state index in [-0.39, 0.29) is 12.5 Å². The van der Waals surface area contributed by atoms with Crippen molar-refractivity contribution in [3.63, 3.8) is 0 Å². The van der Waals surface area contributed by atoms with E-state index in [0.717, 1.165) is 83.5 Å². The van der Waals surface area contributed by atoms with Gasteiger partial charge >= 0.3 is 0 Å².